The van der Waals surface area contributed by atoms with Crippen molar-refractivity contribution in [3.8, 4) is 0 Å². The summed E-state index contributed by atoms with van der Waals surface area (Å²) in [5, 5.41) is 0.592. The van der Waals surface area contributed by atoms with E-state index in [1.54, 1.807) is 12.1 Å². The second-order valence-electron chi connectivity index (χ2n) is 2.51. The molecular weight excluding hydrogens is 239 g/mol. The van der Waals surface area contributed by atoms with Crippen LogP contribution in [0.4, 0.5) is 0 Å². The molecule has 0 aliphatic heterocycles. The van der Waals surface area contributed by atoms with Crippen LogP contribution in [-0.2, 0) is 0 Å². The number of carbonyl (C=O) groups is 1. The van der Waals surface area contributed by atoms with Gasteiger partial charge in [-0.3, -0.25) is 4.79 Å². The molecule has 0 aromatic heterocycles. The van der Waals surface area contributed by atoms with E-state index in [1.807, 2.05) is 13.0 Å². The summed E-state index contributed by atoms with van der Waals surface area (Å²) in [4.78, 5) is 10.8. The maximum atomic E-state index is 10.6. The molecule has 0 radical (unpaired) electrons. The molecule has 1 rings (SSSR count). The highest BCUT2D eigenvalue weighted by Crippen LogP contribution is 2.26. The number of benzene rings is 1. The average Bonchev–Trinajstić information content (AvgIpc) is 2.03. The molecule has 0 spiro atoms. The monoisotopic (exact) mass is 246 g/mol. The first-order valence-electron chi connectivity index (χ1n) is 3.54. The van der Waals surface area contributed by atoms with Gasteiger partial charge in [-0.25, -0.2) is 0 Å². The van der Waals surface area contributed by atoms with E-state index in [4.69, 9.17) is 11.6 Å². The van der Waals surface area contributed by atoms with Crippen LogP contribution in [0.1, 0.15) is 27.7 Å². The van der Waals surface area contributed by atoms with Crippen LogP contribution in [0.2, 0.25) is 5.02 Å². The smallest absolute Gasteiger partial charge is 0.150 e. The summed E-state index contributed by atoms with van der Waals surface area (Å²) in [5.74, 6) is 0. The van der Waals surface area contributed by atoms with Gasteiger partial charge >= 0.3 is 0 Å². The first kappa shape index (κ1) is 9.75. The maximum Gasteiger partial charge on any atom is 0.150 e. The summed E-state index contributed by atoms with van der Waals surface area (Å²) in [5.41, 5.74) is 1.61. The molecule has 0 bridgehead atoms. The van der Waals surface area contributed by atoms with Gasteiger partial charge in [0.1, 0.15) is 6.29 Å². The Morgan fingerprint density at radius 3 is 2.75 bits per heavy atom. The molecule has 0 saturated carbocycles. The third-order valence-corrected chi connectivity index (χ3v) is 2.33. The molecule has 1 aromatic carbocycles. The SMILES string of the molecule is CC(Br)c1ccc(Cl)cc1C=O. The minimum atomic E-state index is 0.176. The molecule has 0 heterocycles. The molecule has 64 valence electrons. The van der Waals surface area contributed by atoms with Crippen LogP contribution in [0.15, 0.2) is 18.2 Å². The van der Waals surface area contributed by atoms with Gasteiger partial charge in [-0.05, 0) is 24.6 Å². The van der Waals surface area contributed by atoms with Crippen molar-refractivity contribution in [1.29, 1.82) is 0 Å². The lowest BCUT2D eigenvalue weighted by Crippen LogP contribution is -1.91. The molecule has 0 N–H and O–H groups in total. The van der Waals surface area contributed by atoms with Crippen molar-refractivity contribution in [2.45, 2.75) is 11.8 Å². The van der Waals surface area contributed by atoms with Crippen LogP contribution in [0.5, 0.6) is 0 Å². The van der Waals surface area contributed by atoms with E-state index in [-0.39, 0.29) is 4.83 Å². The van der Waals surface area contributed by atoms with Gasteiger partial charge in [-0.2, -0.15) is 0 Å². The minimum Gasteiger partial charge on any atom is -0.298 e. The quantitative estimate of drug-likeness (QED) is 0.576. The number of aldehydes is 1. The van der Waals surface area contributed by atoms with Crippen molar-refractivity contribution in [2.24, 2.45) is 0 Å². The molecule has 0 aliphatic rings. The molecule has 1 atom stereocenters. The van der Waals surface area contributed by atoms with Crippen molar-refractivity contribution in [3.63, 3.8) is 0 Å². The topological polar surface area (TPSA) is 17.1 Å². The molecule has 12 heavy (non-hydrogen) atoms. The van der Waals surface area contributed by atoms with E-state index in [2.05, 4.69) is 15.9 Å². The van der Waals surface area contributed by atoms with Crippen molar-refractivity contribution in [2.75, 3.05) is 0 Å². The summed E-state index contributed by atoms with van der Waals surface area (Å²) >= 11 is 9.12. The molecule has 0 saturated heterocycles. The Hall–Kier alpha value is -0.340. The van der Waals surface area contributed by atoms with Crippen LogP contribution >= 0.6 is 27.5 Å². The first-order chi connectivity index (χ1) is 5.65. The lowest BCUT2D eigenvalue weighted by Gasteiger charge is -2.06. The highest BCUT2D eigenvalue weighted by atomic mass is 79.9. The largest absolute Gasteiger partial charge is 0.298 e. The Bertz CT molecular complexity index is 297. The fraction of sp³-hybridized carbons (Fsp3) is 0.222. The zero-order chi connectivity index (χ0) is 9.14. The van der Waals surface area contributed by atoms with Gasteiger partial charge in [-0.1, -0.05) is 33.6 Å². The van der Waals surface area contributed by atoms with E-state index in [0.717, 1.165) is 11.8 Å². The highest BCUT2D eigenvalue weighted by molar-refractivity contribution is 9.09. The lowest BCUT2D eigenvalue weighted by atomic mass is 10.1. The van der Waals surface area contributed by atoms with Crippen LogP contribution in [0, 0.1) is 0 Å². The van der Waals surface area contributed by atoms with E-state index < -0.39 is 0 Å². The molecule has 1 nitrogen and oxygen atoms in total. The number of alkyl halides is 1. The summed E-state index contributed by atoms with van der Waals surface area (Å²) in [6.07, 6.45) is 0.818. The van der Waals surface area contributed by atoms with Gasteiger partial charge < -0.3 is 0 Å². The van der Waals surface area contributed by atoms with Gasteiger partial charge in [-0.15, -0.1) is 0 Å². The number of hydrogen-bond acceptors (Lipinski definition) is 1. The van der Waals surface area contributed by atoms with Crippen LogP contribution in [-0.4, -0.2) is 6.29 Å². The van der Waals surface area contributed by atoms with Gasteiger partial charge in [0, 0.05) is 15.4 Å². The van der Waals surface area contributed by atoms with Gasteiger partial charge in [0.05, 0.1) is 0 Å². The van der Waals surface area contributed by atoms with Crippen molar-refractivity contribution >= 4 is 33.8 Å². The third-order valence-electron chi connectivity index (χ3n) is 1.60. The molecular formula is C9H8BrClO. The predicted octanol–water partition coefficient (Wildman–Crippen LogP) is 3.61. The maximum absolute atomic E-state index is 10.6. The third kappa shape index (κ3) is 2.08. The Morgan fingerprint density at radius 1 is 1.58 bits per heavy atom. The molecule has 1 aromatic rings. The fourth-order valence-electron chi connectivity index (χ4n) is 1.01. The molecule has 0 aliphatic carbocycles. The van der Waals surface area contributed by atoms with E-state index in [0.29, 0.717) is 10.6 Å². The van der Waals surface area contributed by atoms with Crippen LogP contribution in [0.3, 0.4) is 0 Å². The van der Waals surface area contributed by atoms with E-state index >= 15 is 0 Å². The summed E-state index contributed by atoms with van der Waals surface area (Å²) in [6, 6.07) is 5.30. The number of hydrogen-bond donors (Lipinski definition) is 0. The number of rotatable bonds is 2. The Balaban J connectivity index is 3.20. The second kappa shape index (κ2) is 4.06. The van der Waals surface area contributed by atoms with Crippen molar-refractivity contribution in [1.82, 2.24) is 0 Å². The fourth-order valence-corrected chi connectivity index (χ4v) is 1.61. The van der Waals surface area contributed by atoms with E-state index in [1.165, 1.54) is 0 Å². The van der Waals surface area contributed by atoms with E-state index in [9.17, 15) is 4.79 Å². The first-order valence-corrected chi connectivity index (χ1v) is 4.83. The Labute approximate surface area is 84.9 Å². The minimum absolute atomic E-state index is 0.176. The van der Waals surface area contributed by atoms with Crippen molar-refractivity contribution < 1.29 is 4.79 Å². The Morgan fingerprint density at radius 2 is 2.25 bits per heavy atom. The zero-order valence-corrected chi connectivity index (χ0v) is 8.89. The normalized spacial score (nSPS) is 12.6. The van der Waals surface area contributed by atoms with Gasteiger partial charge in [0.15, 0.2) is 0 Å². The molecule has 3 heteroatoms. The molecule has 0 amide bonds. The van der Waals surface area contributed by atoms with Crippen LogP contribution < -0.4 is 0 Å². The van der Waals surface area contributed by atoms with Gasteiger partial charge in [0.25, 0.3) is 0 Å². The number of halogens is 2. The zero-order valence-electron chi connectivity index (χ0n) is 6.55. The lowest BCUT2D eigenvalue weighted by molar-refractivity contribution is 0.112. The van der Waals surface area contributed by atoms with Crippen molar-refractivity contribution in [3.05, 3.63) is 34.3 Å². The predicted molar refractivity (Wildman–Crippen MR) is 54.2 cm³/mol. The molecule has 0 fully saturated rings. The summed E-state index contributed by atoms with van der Waals surface area (Å²) in [6.45, 7) is 1.97. The second-order valence-corrected chi connectivity index (χ2v) is 4.32. The van der Waals surface area contributed by atoms with Gasteiger partial charge in [0.2, 0.25) is 0 Å². The standard InChI is InChI=1S/C9H8BrClO/c1-6(10)9-3-2-8(11)4-7(9)5-12/h2-6H,1H3. The Kier molecular flexibility index (Phi) is 3.29. The average molecular weight is 248 g/mol. The summed E-state index contributed by atoms with van der Waals surface area (Å²) < 4.78 is 0. The highest BCUT2D eigenvalue weighted by Gasteiger charge is 2.06. The summed E-state index contributed by atoms with van der Waals surface area (Å²) in [7, 11) is 0. The molecule has 1 unspecified atom stereocenters. The number of carbonyl (C=O) groups excluding carboxylic acids is 1. The van der Waals surface area contributed by atoms with Crippen LogP contribution in [0.25, 0.3) is 0 Å².